The van der Waals surface area contributed by atoms with Gasteiger partial charge in [0.2, 0.25) is 0 Å². The van der Waals surface area contributed by atoms with Gasteiger partial charge in [0.05, 0.1) is 5.60 Å². The summed E-state index contributed by atoms with van der Waals surface area (Å²) >= 11 is 5.83. The average Bonchev–Trinajstić information content (AvgIpc) is 2.67. The molecule has 3 heteroatoms. The summed E-state index contributed by atoms with van der Waals surface area (Å²) in [5.74, 6) is 0.173. The molecule has 0 bridgehead atoms. The van der Waals surface area contributed by atoms with Crippen LogP contribution in [0.4, 0.5) is 4.39 Å². The first-order valence-electron chi connectivity index (χ1n) is 5.32. The zero-order chi connectivity index (χ0) is 10.6. The molecule has 2 saturated carbocycles. The number of benzene rings is 1. The Morgan fingerprint density at radius 2 is 2.00 bits per heavy atom. The molecule has 15 heavy (non-hydrogen) atoms. The van der Waals surface area contributed by atoms with Crippen LogP contribution in [-0.4, -0.2) is 5.11 Å². The van der Waals surface area contributed by atoms with E-state index in [4.69, 9.17) is 11.6 Å². The molecule has 0 spiro atoms. The summed E-state index contributed by atoms with van der Waals surface area (Å²) in [6, 6.07) is 4.42. The van der Waals surface area contributed by atoms with Gasteiger partial charge in [0.1, 0.15) is 5.82 Å². The summed E-state index contributed by atoms with van der Waals surface area (Å²) in [5, 5.41) is 10.9. The number of hydrogen-bond donors (Lipinski definition) is 1. The molecule has 1 nitrogen and oxygen atoms in total. The van der Waals surface area contributed by atoms with Gasteiger partial charge in [0, 0.05) is 10.6 Å². The van der Waals surface area contributed by atoms with E-state index in [1.54, 1.807) is 6.07 Å². The predicted octanol–water partition coefficient (Wildman–Crippen LogP) is 3.10. The molecular weight excluding hydrogens is 215 g/mol. The van der Waals surface area contributed by atoms with Crippen LogP contribution in [0.5, 0.6) is 0 Å². The van der Waals surface area contributed by atoms with Gasteiger partial charge < -0.3 is 5.11 Å². The van der Waals surface area contributed by atoms with Gasteiger partial charge in [-0.15, -0.1) is 0 Å². The normalized spacial score (nSPS) is 37.8. The van der Waals surface area contributed by atoms with E-state index in [-0.39, 0.29) is 17.7 Å². The topological polar surface area (TPSA) is 20.2 Å². The fourth-order valence-electron chi connectivity index (χ4n) is 3.13. The highest BCUT2D eigenvalue weighted by molar-refractivity contribution is 6.30. The van der Waals surface area contributed by atoms with Gasteiger partial charge in [-0.05, 0) is 42.9 Å². The molecule has 2 aliphatic rings. The Morgan fingerprint density at radius 1 is 1.33 bits per heavy atom. The van der Waals surface area contributed by atoms with E-state index in [1.165, 1.54) is 12.1 Å². The summed E-state index contributed by atoms with van der Waals surface area (Å²) in [4.78, 5) is 0. The lowest BCUT2D eigenvalue weighted by molar-refractivity contribution is 0.101. The lowest BCUT2D eigenvalue weighted by Crippen LogP contribution is -2.15. The maximum Gasteiger partial charge on any atom is 0.129 e. The summed E-state index contributed by atoms with van der Waals surface area (Å²) in [7, 11) is 0. The van der Waals surface area contributed by atoms with Gasteiger partial charge in [-0.1, -0.05) is 18.0 Å². The van der Waals surface area contributed by atoms with E-state index in [2.05, 4.69) is 0 Å². The fourth-order valence-corrected chi connectivity index (χ4v) is 3.30. The van der Waals surface area contributed by atoms with Gasteiger partial charge in [0.25, 0.3) is 0 Å². The number of hydrogen-bond acceptors (Lipinski definition) is 1. The molecule has 0 radical (unpaired) electrons. The fraction of sp³-hybridized carbons (Fsp3) is 0.500. The molecule has 1 aromatic rings. The Hall–Kier alpha value is -0.600. The summed E-state index contributed by atoms with van der Waals surface area (Å²) < 4.78 is 13.6. The molecule has 0 aliphatic heterocycles. The second-order valence-corrected chi connectivity index (χ2v) is 5.03. The maximum atomic E-state index is 13.6. The number of fused-ring (bicyclic) bond motifs is 1. The largest absolute Gasteiger partial charge is 0.384 e. The first-order chi connectivity index (χ1) is 7.14. The zero-order valence-electron chi connectivity index (χ0n) is 8.21. The molecular formula is C12H12ClFO. The molecule has 0 heterocycles. The highest BCUT2D eigenvalue weighted by Crippen LogP contribution is 2.66. The van der Waals surface area contributed by atoms with E-state index in [0.29, 0.717) is 10.6 Å². The molecule has 2 unspecified atom stereocenters. The summed E-state index contributed by atoms with van der Waals surface area (Å²) in [6.45, 7) is 0. The molecule has 2 aliphatic carbocycles. The first kappa shape index (κ1) is 9.61. The van der Waals surface area contributed by atoms with Crippen molar-refractivity contribution in [2.75, 3.05) is 0 Å². The minimum absolute atomic E-state index is 0.255. The van der Waals surface area contributed by atoms with Gasteiger partial charge >= 0.3 is 0 Å². The molecule has 80 valence electrons. The van der Waals surface area contributed by atoms with Crippen LogP contribution >= 0.6 is 11.6 Å². The second kappa shape index (κ2) is 2.96. The van der Waals surface area contributed by atoms with Crippen LogP contribution in [0.2, 0.25) is 5.02 Å². The third kappa shape index (κ3) is 1.18. The van der Waals surface area contributed by atoms with Crippen molar-refractivity contribution in [1.82, 2.24) is 0 Å². The average molecular weight is 227 g/mol. The Bertz CT molecular complexity index is 408. The van der Waals surface area contributed by atoms with Crippen LogP contribution in [0.25, 0.3) is 0 Å². The lowest BCUT2D eigenvalue weighted by atomic mass is 9.99. The van der Waals surface area contributed by atoms with Crippen molar-refractivity contribution in [2.45, 2.75) is 24.9 Å². The molecule has 2 fully saturated rings. The van der Waals surface area contributed by atoms with Crippen LogP contribution in [0.1, 0.15) is 24.8 Å². The quantitative estimate of drug-likeness (QED) is 0.780. The standard InChI is InChI=1S/C12H12ClFO/c13-7-4-5-11(14)10(6-7)12(15)8-2-1-3-9(8)12/h4-6,8-9,15H,1-3H2. The van der Waals surface area contributed by atoms with E-state index in [9.17, 15) is 9.50 Å². The smallest absolute Gasteiger partial charge is 0.129 e. The van der Waals surface area contributed by atoms with Crippen LogP contribution in [0.3, 0.4) is 0 Å². The Kier molecular flexibility index (Phi) is 1.89. The van der Waals surface area contributed by atoms with E-state index < -0.39 is 5.60 Å². The van der Waals surface area contributed by atoms with Gasteiger partial charge in [-0.25, -0.2) is 4.39 Å². The van der Waals surface area contributed by atoms with Crippen LogP contribution in [0.15, 0.2) is 18.2 Å². The number of aliphatic hydroxyl groups is 1. The van der Waals surface area contributed by atoms with Crippen LogP contribution in [0, 0.1) is 17.7 Å². The third-order valence-corrected chi connectivity index (χ3v) is 4.13. The maximum absolute atomic E-state index is 13.6. The van der Waals surface area contributed by atoms with Crippen molar-refractivity contribution < 1.29 is 9.50 Å². The van der Waals surface area contributed by atoms with Crippen LogP contribution < -0.4 is 0 Å². The predicted molar refractivity (Wildman–Crippen MR) is 56.1 cm³/mol. The number of rotatable bonds is 1. The van der Waals surface area contributed by atoms with Crippen LogP contribution in [-0.2, 0) is 5.60 Å². The van der Waals surface area contributed by atoms with E-state index in [1.807, 2.05) is 0 Å². The second-order valence-electron chi connectivity index (χ2n) is 4.59. The minimum atomic E-state index is -0.923. The zero-order valence-corrected chi connectivity index (χ0v) is 8.97. The Labute approximate surface area is 92.9 Å². The summed E-state index contributed by atoms with van der Waals surface area (Å²) in [5.41, 5.74) is -0.530. The SMILES string of the molecule is OC1(c2cc(Cl)ccc2F)C2CCCC21. The lowest BCUT2D eigenvalue weighted by Gasteiger charge is -2.15. The third-order valence-electron chi connectivity index (χ3n) is 3.90. The molecule has 3 rings (SSSR count). The van der Waals surface area contributed by atoms with Crippen molar-refractivity contribution in [2.24, 2.45) is 11.8 Å². The number of halogens is 2. The highest BCUT2D eigenvalue weighted by atomic mass is 35.5. The summed E-state index contributed by atoms with van der Waals surface area (Å²) in [6.07, 6.45) is 3.17. The molecule has 0 saturated heterocycles. The Morgan fingerprint density at radius 3 is 2.67 bits per heavy atom. The Balaban J connectivity index is 2.03. The first-order valence-corrected chi connectivity index (χ1v) is 5.69. The van der Waals surface area contributed by atoms with Gasteiger partial charge in [0.15, 0.2) is 0 Å². The molecule has 1 aromatic carbocycles. The molecule has 1 N–H and O–H groups in total. The van der Waals surface area contributed by atoms with Crippen molar-refractivity contribution in [3.8, 4) is 0 Å². The van der Waals surface area contributed by atoms with Gasteiger partial charge in [-0.3, -0.25) is 0 Å². The van der Waals surface area contributed by atoms with E-state index in [0.717, 1.165) is 19.3 Å². The van der Waals surface area contributed by atoms with Crippen molar-refractivity contribution in [1.29, 1.82) is 0 Å². The van der Waals surface area contributed by atoms with Gasteiger partial charge in [-0.2, -0.15) is 0 Å². The highest BCUT2D eigenvalue weighted by Gasteiger charge is 2.67. The molecule has 0 amide bonds. The van der Waals surface area contributed by atoms with E-state index >= 15 is 0 Å². The molecule has 2 atom stereocenters. The minimum Gasteiger partial charge on any atom is -0.384 e. The monoisotopic (exact) mass is 226 g/mol. The van der Waals surface area contributed by atoms with Crippen molar-refractivity contribution in [3.63, 3.8) is 0 Å². The van der Waals surface area contributed by atoms with Crippen molar-refractivity contribution >= 4 is 11.6 Å². The molecule has 0 aromatic heterocycles. The van der Waals surface area contributed by atoms with Crippen molar-refractivity contribution in [3.05, 3.63) is 34.6 Å².